The van der Waals surface area contributed by atoms with Crippen molar-refractivity contribution < 1.29 is 4.39 Å². The summed E-state index contributed by atoms with van der Waals surface area (Å²) >= 11 is 0. The average Bonchev–Trinajstić information content (AvgIpc) is 2.36. The molecule has 2 nitrogen and oxygen atoms in total. The van der Waals surface area contributed by atoms with E-state index in [0.717, 1.165) is 38.4 Å². The SMILES string of the molecule is CCC1(CC)CNC(CC(C)C)CN1CCCF. The summed E-state index contributed by atoms with van der Waals surface area (Å²) in [5.74, 6) is 0.723. The molecule has 108 valence electrons. The van der Waals surface area contributed by atoms with Gasteiger partial charge in [0.15, 0.2) is 0 Å². The lowest BCUT2D eigenvalue weighted by Gasteiger charge is -2.50. The van der Waals surface area contributed by atoms with Crippen LogP contribution in [0, 0.1) is 5.92 Å². The molecule has 1 saturated heterocycles. The van der Waals surface area contributed by atoms with Gasteiger partial charge in [0.2, 0.25) is 0 Å². The van der Waals surface area contributed by atoms with Crippen molar-refractivity contribution in [2.45, 2.75) is 65.0 Å². The maximum atomic E-state index is 12.5. The Bertz CT molecular complexity index is 227. The molecule has 1 rings (SSSR count). The molecule has 3 heteroatoms. The normalized spacial score (nSPS) is 24.7. The Morgan fingerprint density at radius 2 is 2.00 bits per heavy atom. The first kappa shape index (κ1) is 15.9. The number of halogens is 1. The van der Waals surface area contributed by atoms with Crippen LogP contribution in [-0.4, -0.2) is 42.8 Å². The minimum Gasteiger partial charge on any atom is -0.311 e. The van der Waals surface area contributed by atoms with Crippen LogP contribution in [0.5, 0.6) is 0 Å². The van der Waals surface area contributed by atoms with E-state index in [1.807, 2.05) is 0 Å². The van der Waals surface area contributed by atoms with E-state index in [2.05, 4.69) is 37.9 Å². The summed E-state index contributed by atoms with van der Waals surface area (Å²) in [6.07, 6.45) is 4.19. The molecule has 0 bridgehead atoms. The van der Waals surface area contributed by atoms with E-state index in [1.165, 1.54) is 6.42 Å². The molecule has 1 aliphatic rings. The second-order valence-corrected chi connectivity index (χ2v) is 6.13. The van der Waals surface area contributed by atoms with Crippen LogP contribution in [0.1, 0.15) is 53.4 Å². The summed E-state index contributed by atoms with van der Waals surface area (Å²) in [5, 5.41) is 3.71. The Labute approximate surface area is 112 Å². The molecule has 0 spiro atoms. The lowest BCUT2D eigenvalue weighted by atomic mass is 9.85. The number of alkyl halides is 1. The maximum absolute atomic E-state index is 12.5. The van der Waals surface area contributed by atoms with E-state index >= 15 is 0 Å². The monoisotopic (exact) mass is 258 g/mol. The molecule has 1 aliphatic heterocycles. The fraction of sp³-hybridized carbons (Fsp3) is 1.00. The van der Waals surface area contributed by atoms with Crippen molar-refractivity contribution in [2.24, 2.45) is 5.92 Å². The van der Waals surface area contributed by atoms with Crippen molar-refractivity contribution in [3.8, 4) is 0 Å². The zero-order chi connectivity index (χ0) is 13.6. The van der Waals surface area contributed by atoms with Crippen molar-refractivity contribution in [2.75, 3.05) is 26.3 Å². The predicted octanol–water partition coefficient (Wildman–Crippen LogP) is 3.22. The number of piperazine rings is 1. The van der Waals surface area contributed by atoms with Gasteiger partial charge in [-0.15, -0.1) is 0 Å². The van der Waals surface area contributed by atoms with Crippen molar-refractivity contribution in [1.82, 2.24) is 10.2 Å². The standard InChI is InChI=1S/C15H31FN2/c1-5-15(6-2)12-17-14(10-13(3)4)11-18(15)9-7-8-16/h13-14,17H,5-12H2,1-4H3. The Hall–Kier alpha value is -0.150. The molecule has 0 aliphatic carbocycles. The van der Waals surface area contributed by atoms with Gasteiger partial charge in [0.1, 0.15) is 0 Å². The zero-order valence-corrected chi connectivity index (χ0v) is 12.6. The van der Waals surface area contributed by atoms with Gasteiger partial charge in [-0.2, -0.15) is 0 Å². The quantitative estimate of drug-likeness (QED) is 0.754. The van der Waals surface area contributed by atoms with Crippen molar-refractivity contribution in [3.05, 3.63) is 0 Å². The molecule has 0 aromatic heterocycles. The topological polar surface area (TPSA) is 15.3 Å². The first-order valence-electron chi connectivity index (χ1n) is 7.62. The van der Waals surface area contributed by atoms with Crippen molar-refractivity contribution in [3.63, 3.8) is 0 Å². The van der Waals surface area contributed by atoms with E-state index in [4.69, 9.17) is 0 Å². The zero-order valence-electron chi connectivity index (χ0n) is 12.6. The van der Waals surface area contributed by atoms with E-state index in [9.17, 15) is 4.39 Å². The van der Waals surface area contributed by atoms with Gasteiger partial charge in [-0.25, -0.2) is 0 Å². The van der Waals surface area contributed by atoms with Crippen LogP contribution in [0.2, 0.25) is 0 Å². The third-order valence-electron chi connectivity index (χ3n) is 4.47. The van der Waals surface area contributed by atoms with Gasteiger partial charge >= 0.3 is 0 Å². The van der Waals surface area contributed by atoms with Crippen LogP contribution in [0.15, 0.2) is 0 Å². The second kappa shape index (κ2) is 7.44. The van der Waals surface area contributed by atoms with E-state index in [1.54, 1.807) is 0 Å². The summed E-state index contributed by atoms with van der Waals surface area (Å²) in [6.45, 7) is 11.9. The predicted molar refractivity (Wildman–Crippen MR) is 76.7 cm³/mol. The lowest BCUT2D eigenvalue weighted by Crippen LogP contribution is -2.64. The highest BCUT2D eigenvalue weighted by atomic mass is 19.1. The van der Waals surface area contributed by atoms with Gasteiger partial charge in [-0.3, -0.25) is 9.29 Å². The van der Waals surface area contributed by atoms with Crippen LogP contribution in [0.25, 0.3) is 0 Å². The summed E-state index contributed by atoms with van der Waals surface area (Å²) in [6, 6.07) is 0.579. The fourth-order valence-corrected chi connectivity index (χ4v) is 3.22. The first-order chi connectivity index (χ1) is 8.57. The third-order valence-corrected chi connectivity index (χ3v) is 4.47. The Kier molecular flexibility index (Phi) is 6.58. The number of rotatable bonds is 7. The summed E-state index contributed by atoms with van der Waals surface area (Å²) < 4.78 is 12.5. The van der Waals surface area contributed by atoms with Crippen LogP contribution in [0.3, 0.4) is 0 Å². The Morgan fingerprint density at radius 3 is 2.50 bits per heavy atom. The third kappa shape index (κ3) is 3.92. The Balaban J connectivity index is 2.65. The molecular weight excluding hydrogens is 227 g/mol. The van der Waals surface area contributed by atoms with E-state index < -0.39 is 0 Å². The van der Waals surface area contributed by atoms with Crippen molar-refractivity contribution in [1.29, 1.82) is 0 Å². The molecule has 1 N–H and O–H groups in total. The van der Waals surface area contributed by atoms with E-state index in [-0.39, 0.29) is 12.2 Å². The first-order valence-corrected chi connectivity index (χ1v) is 7.62. The van der Waals surface area contributed by atoms with E-state index in [0.29, 0.717) is 12.5 Å². The molecule has 0 aromatic rings. The van der Waals surface area contributed by atoms with Crippen LogP contribution < -0.4 is 5.32 Å². The maximum Gasteiger partial charge on any atom is 0.0906 e. The Morgan fingerprint density at radius 1 is 1.33 bits per heavy atom. The van der Waals surface area contributed by atoms with Crippen molar-refractivity contribution >= 4 is 0 Å². The molecule has 1 atom stereocenters. The summed E-state index contributed by atoms with van der Waals surface area (Å²) in [4.78, 5) is 2.55. The van der Waals surface area contributed by atoms with Gasteiger partial charge in [-0.05, 0) is 31.6 Å². The minimum absolute atomic E-state index is 0.192. The summed E-state index contributed by atoms with van der Waals surface area (Å²) in [5.41, 5.74) is 0.253. The molecule has 0 radical (unpaired) electrons. The van der Waals surface area contributed by atoms with Gasteiger partial charge in [-0.1, -0.05) is 27.7 Å². The van der Waals surface area contributed by atoms with Gasteiger partial charge in [0, 0.05) is 31.2 Å². The van der Waals surface area contributed by atoms with Crippen LogP contribution >= 0.6 is 0 Å². The lowest BCUT2D eigenvalue weighted by molar-refractivity contribution is 0.0254. The highest BCUT2D eigenvalue weighted by Gasteiger charge is 2.38. The largest absolute Gasteiger partial charge is 0.311 e. The second-order valence-electron chi connectivity index (χ2n) is 6.13. The summed E-state index contributed by atoms with van der Waals surface area (Å²) in [7, 11) is 0. The number of hydrogen-bond acceptors (Lipinski definition) is 2. The average molecular weight is 258 g/mol. The van der Waals surface area contributed by atoms with Gasteiger partial charge in [0.05, 0.1) is 6.67 Å². The molecule has 1 unspecified atom stereocenters. The van der Waals surface area contributed by atoms with Gasteiger partial charge in [0.25, 0.3) is 0 Å². The molecule has 1 fully saturated rings. The van der Waals surface area contributed by atoms with Gasteiger partial charge < -0.3 is 5.32 Å². The highest BCUT2D eigenvalue weighted by molar-refractivity contribution is 4.97. The minimum atomic E-state index is -0.192. The molecule has 18 heavy (non-hydrogen) atoms. The smallest absolute Gasteiger partial charge is 0.0906 e. The number of nitrogens with zero attached hydrogens (tertiary/aromatic N) is 1. The fourth-order valence-electron chi connectivity index (χ4n) is 3.22. The molecule has 0 aromatic carbocycles. The number of nitrogens with one attached hydrogen (secondary N) is 1. The molecule has 0 amide bonds. The number of hydrogen-bond donors (Lipinski definition) is 1. The molecule has 1 heterocycles. The molecular formula is C15H31FN2. The van der Waals surface area contributed by atoms with Crippen LogP contribution in [-0.2, 0) is 0 Å². The molecule has 0 saturated carbocycles. The highest BCUT2D eigenvalue weighted by Crippen LogP contribution is 2.28. The van der Waals surface area contributed by atoms with Crippen LogP contribution in [0.4, 0.5) is 4.39 Å².